The Morgan fingerprint density at radius 3 is 2.77 bits per heavy atom. The van der Waals surface area contributed by atoms with Crippen molar-refractivity contribution in [2.75, 3.05) is 20.3 Å². The molecule has 0 aliphatic heterocycles. The zero-order chi connectivity index (χ0) is 21.7. The van der Waals surface area contributed by atoms with Crippen molar-refractivity contribution in [1.29, 1.82) is 0 Å². The monoisotopic (exact) mass is 425 g/mol. The van der Waals surface area contributed by atoms with Gasteiger partial charge in [0.25, 0.3) is 5.56 Å². The fourth-order valence-electron chi connectivity index (χ4n) is 3.15. The lowest BCUT2D eigenvalue weighted by Gasteiger charge is -2.18. The Morgan fingerprint density at radius 1 is 1.23 bits per heavy atom. The molecule has 0 radical (unpaired) electrons. The first-order valence-corrected chi connectivity index (χ1v) is 10.8. The van der Waals surface area contributed by atoms with Gasteiger partial charge in [-0.1, -0.05) is 36.0 Å². The van der Waals surface area contributed by atoms with Gasteiger partial charge in [-0.15, -0.1) is 0 Å². The largest absolute Gasteiger partial charge is 0.385 e. The number of fused-ring (bicyclic) bond motifs is 1. The van der Waals surface area contributed by atoms with Crippen LogP contribution in [0.1, 0.15) is 24.5 Å². The summed E-state index contributed by atoms with van der Waals surface area (Å²) >= 11 is 1.29. The summed E-state index contributed by atoms with van der Waals surface area (Å²) in [6.07, 6.45) is 0.751. The lowest BCUT2D eigenvalue weighted by molar-refractivity contribution is -0.120. The number of carbonyl (C=O) groups is 1. The summed E-state index contributed by atoms with van der Waals surface area (Å²) < 4.78 is 6.64. The Hall–Kier alpha value is -2.64. The van der Waals surface area contributed by atoms with Crippen LogP contribution in [-0.4, -0.2) is 41.0 Å². The van der Waals surface area contributed by atoms with E-state index in [1.165, 1.54) is 11.8 Å². The summed E-state index contributed by atoms with van der Waals surface area (Å²) in [4.78, 5) is 30.7. The lowest BCUT2D eigenvalue weighted by Crippen LogP contribution is -2.33. The van der Waals surface area contributed by atoms with Crippen molar-refractivity contribution in [1.82, 2.24) is 14.9 Å². The summed E-state index contributed by atoms with van der Waals surface area (Å²) in [6.45, 7) is 6.93. The number of aryl methyl sites for hydroxylation is 2. The van der Waals surface area contributed by atoms with Crippen LogP contribution < -0.4 is 10.9 Å². The van der Waals surface area contributed by atoms with Gasteiger partial charge in [0.1, 0.15) is 0 Å². The minimum Gasteiger partial charge on any atom is -0.385 e. The van der Waals surface area contributed by atoms with Gasteiger partial charge in [0.05, 0.1) is 21.8 Å². The van der Waals surface area contributed by atoms with Crippen LogP contribution in [0, 0.1) is 13.8 Å². The van der Waals surface area contributed by atoms with E-state index in [1.807, 2.05) is 57.2 Å². The summed E-state index contributed by atoms with van der Waals surface area (Å²) in [5, 5.41) is 3.57. The van der Waals surface area contributed by atoms with E-state index in [0.29, 0.717) is 29.2 Å². The van der Waals surface area contributed by atoms with Crippen LogP contribution in [-0.2, 0) is 9.53 Å². The number of rotatable bonds is 8. The molecule has 0 aliphatic rings. The summed E-state index contributed by atoms with van der Waals surface area (Å²) in [5.74, 6) is -0.0916. The number of amides is 1. The van der Waals surface area contributed by atoms with E-state index in [0.717, 1.165) is 23.2 Å². The second kappa shape index (κ2) is 9.91. The van der Waals surface area contributed by atoms with Crippen LogP contribution in [0.25, 0.3) is 16.6 Å². The molecule has 3 rings (SSSR count). The SMILES string of the molecule is COCCCNC(=O)C(C)Sc1nc2ccccc2c(=O)n1-c1cc(C)ccc1C. The van der Waals surface area contributed by atoms with Gasteiger partial charge in [-0.25, -0.2) is 4.98 Å². The lowest BCUT2D eigenvalue weighted by atomic mass is 10.1. The predicted octanol–water partition coefficient (Wildman–Crippen LogP) is 3.64. The second-order valence-corrected chi connectivity index (χ2v) is 8.55. The van der Waals surface area contributed by atoms with Gasteiger partial charge in [0, 0.05) is 20.3 Å². The van der Waals surface area contributed by atoms with E-state index < -0.39 is 5.25 Å². The number of nitrogens with one attached hydrogen (secondary N) is 1. The molecule has 6 nitrogen and oxygen atoms in total. The Morgan fingerprint density at radius 2 is 2.00 bits per heavy atom. The van der Waals surface area contributed by atoms with Crippen LogP contribution >= 0.6 is 11.8 Å². The maximum atomic E-state index is 13.4. The number of ether oxygens (including phenoxy) is 1. The van der Waals surface area contributed by atoms with E-state index in [1.54, 1.807) is 17.7 Å². The van der Waals surface area contributed by atoms with Crippen molar-refractivity contribution in [2.45, 2.75) is 37.6 Å². The summed E-state index contributed by atoms with van der Waals surface area (Å²) in [6, 6.07) is 13.3. The summed E-state index contributed by atoms with van der Waals surface area (Å²) in [7, 11) is 1.64. The normalized spacial score (nSPS) is 12.1. The van der Waals surface area contributed by atoms with Crippen molar-refractivity contribution >= 4 is 28.6 Å². The maximum absolute atomic E-state index is 13.4. The minimum absolute atomic E-state index is 0.0916. The molecule has 1 atom stereocenters. The fourth-order valence-corrected chi connectivity index (χ4v) is 4.09. The molecule has 0 spiro atoms. The Balaban J connectivity index is 2.02. The average Bonchev–Trinajstić information content (AvgIpc) is 2.73. The third-order valence-corrected chi connectivity index (χ3v) is 5.88. The fraction of sp³-hybridized carbons (Fsp3) is 0.348. The van der Waals surface area contributed by atoms with Gasteiger partial charge in [-0.2, -0.15) is 0 Å². The molecule has 0 saturated carbocycles. The number of para-hydroxylation sites is 1. The molecule has 30 heavy (non-hydrogen) atoms. The molecule has 0 bridgehead atoms. The zero-order valence-electron chi connectivity index (χ0n) is 17.8. The van der Waals surface area contributed by atoms with Crippen LogP contribution in [0.5, 0.6) is 0 Å². The van der Waals surface area contributed by atoms with Crippen molar-refractivity contribution in [3.8, 4) is 5.69 Å². The number of methoxy groups -OCH3 is 1. The smallest absolute Gasteiger partial charge is 0.266 e. The molecule has 0 aliphatic carbocycles. The minimum atomic E-state index is -0.406. The highest BCUT2D eigenvalue weighted by Gasteiger charge is 2.20. The molecule has 1 heterocycles. The number of benzene rings is 2. The standard InChI is InChI=1S/C23H27N3O3S/c1-15-10-11-16(2)20(14-15)26-22(28)18-8-5-6-9-19(18)25-23(26)30-17(3)21(27)24-12-7-13-29-4/h5-6,8-11,14,17H,7,12-13H2,1-4H3,(H,24,27). The van der Waals surface area contributed by atoms with Gasteiger partial charge in [-0.05, 0) is 56.5 Å². The molecule has 1 amide bonds. The van der Waals surface area contributed by atoms with Gasteiger partial charge in [-0.3, -0.25) is 14.2 Å². The molecule has 3 aromatic rings. The molecule has 158 valence electrons. The number of carbonyl (C=O) groups excluding carboxylic acids is 1. The number of aromatic nitrogens is 2. The van der Waals surface area contributed by atoms with Gasteiger partial charge in [0.2, 0.25) is 5.91 Å². The predicted molar refractivity (Wildman–Crippen MR) is 122 cm³/mol. The quantitative estimate of drug-likeness (QED) is 0.339. The second-order valence-electron chi connectivity index (χ2n) is 7.24. The molecular formula is C23H27N3O3S. The molecule has 7 heteroatoms. The number of hydrogen-bond acceptors (Lipinski definition) is 5. The first-order valence-electron chi connectivity index (χ1n) is 9.95. The van der Waals surface area contributed by atoms with Crippen molar-refractivity contribution in [3.05, 3.63) is 63.9 Å². The molecule has 0 fully saturated rings. The van der Waals surface area contributed by atoms with Crippen molar-refractivity contribution < 1.29 is 9.53 Å². The van der Waals surface area contributed by atoms with Gasteiger partial charge in [0.15, 0.2) is 5.16 Å². The average molecular weight is 426 g/mol. The van der Waals surface area contributed by atoms with Crippen LogP contribution in [0.3, 0.4) is 0 Å². The third kappa shape index (κ3) is 4.91. The molecule has 1 unspecified atom stereocenters. The van der Waals surface area contributed by atoms with Crippen LogP contribution in [0.2, 0.25) is 0 Å². The Bertz CT molecular complexity index is 1110. The van der Waals surface area contributed by atoms with Gasteiger partial charge < -0.3 is 10.1 Å². The Kier molecular flexibility index (Phi) is 7.29. The zero-order valence-corrected chi connectivity index (χ0v) is 18.6. The number of nitrogens with zero attached hydrogens (tertiary/aromatic N) is 2. The van der Waals surface area contributed by atoms with E-state index >= 15 is 0 Å². The van der Waals surface area contributed by atoms with Crippen LogP contribution in [0.4, 0.5) is 0 Å². The maximum Gasteiger partial charge on any atom is 0.266 e. The Labute approximate surface area is 180 Å². The van der Waals surface area contributed by atoms with E-state index in [4.69, 9.17) is 9.72 Å². The highest BCUT2D eigenvalue weighted by atomic mass is 32.2. The van der Waals surface area contributed by atoms with Crippen molar-refractivity contribution in [2.24, 2.45) is 0 Å². The first-order chi connectivity index (χ1) is 14.4. The number of hydrogen-bond donors (Lipinski definition) is 1. The van der Waals surface area contributed by atoms with Crippen LogP contribution in [0.15, 0.2) is 52.4 Å². The topological polar surface area (TPSA) is 73.2 Å². The molecule has 1 aromatic heterocycles. The van der Waals surface area contributed by atoms with Crippen molar-refractivity contribution in [3.63, 3.8) is 0 Å². The molecule has 0 saturated heterocycles. The molecule has 1 N–H and O–H groups in total. The van der Waals surface area contributed by atoms with E-state index in [9.17, 15) is 9.59 Å². The highest BCUT2D eigenvalue weighted by Crippen LogP contribution is 2.26. The molecular weight excluding hydrogens is 398 g/mol. The number of thioether (sulfide) groups is 1. The van der Waals surface area contributed by atoms with E-state index in [2.05, 4.69) is 5.32 Å². The highest BCUT2D eigenvalue weighted by molar-refractivity contribution is 8.00. The summed E-state index contributed by atoms with van der Waals surface area (Å²) in [5.41, 5.74) is 3.30. The van der Waals surface area contributed by atoms with E-state index in [-0.39, 0.29) is 11.5 Å². The van der Waals surface area contributed by atoms with Gasteiger partial charge >= 0.3 is 0 Å². The first kappa shape index (κ1) is 22.1. The molecule has 2 aromatic carbocycles. The third-order valence-electron chi connectivity index (χ3n) is 4.83.